The van der Waals surface area contributed by atoms with Gasteiger partial charge in [-0.15, -0.1) is 0 Å². The van der Waals surface area contributed by atoms with Crippen molar-refractivity contribution in [2.75, 3.05) is 13.1 Å². The van der Waals surface area contributed by atoms with Crippen molar-refractivity contribution in [3.05, 3.63) is 35.4 Å². The Morgan fingerprint density at radius 1 is 1.07 bits per heavy atom. The number of rotatable bonds is 3. The normalized spacial score (nSPS) is 32.3. The van der Waals surface area contributed by atoms with Crippen LogP contribution in [0.5, 0.6) is 0 Å². The van der Waals surface area contributed by atoms with Crippen LogP contribution in [-0.4, -0.2) is 35.3 Å². The number of nitrogens with zero attached hydrogens (tertiary/aromatic N) is 1. The Kier molecular flexibility index (Phi) is 3.89. The fraction of sp³-hybridized carbons (Fsp3) is 0.652. The van der Waals surface area contributed by atoms with Crippen LogP contribution in [-0.2, 0) is 15.0 Å². The molecule has 0 radical (unpaired) electrons. The average Bonchev–Trinajstić information content (AvgIpc) is 3.29. The van der Waals surface area contributed by atoms with E-state index in [0.29, 0.717) is 23.7 Å². The lowest BCUT2D eigenvalue weighted by molar-refractivity contribution is -0.142. The van der Waals surface area contributed by atoms with Gasteiger partial charge in [-0.3, -0.25) is 9.59 Å². The summed E-state index contributed by atoms with van der Waals surface area (Å²) in [6, 6.07) is 9.28. The minimum Gasteiger partial charge on any atom is -0.351 e. The van der Waals surface area contributed by atoms with Crippen LogP contribution >= 0.6 is 0 Å². The van der Waals surface area contributed by atoms with Gasteiger partial charge in [-0.2, -0.15) is 0 Å². The van der Waals surface area contributed by atoms with Crippen molar-refractivity contribution in [2.45, 2.75) is 75.2 Å². The first-order chi connectivity index (χ1) is 13.0. The van der Waals surface area contributed by atoms with Crippen LogP contribution in [0.2, 0.25) is 0 Å². The number of hydrogen-bond acceptors (Lipinski definition) is 2. The first-order valence-electron chi connectivity index (χ1n) is 10.7. The van der Waals surface area contributed by atoms with Gasteiger partial charge in [0, 0.05) is 31.0 Å². The Bertz CT molecular complexity index is 751. The summed E-state index contributed by atoms with van der Waals surface area (Å²) < 4.78 is 0. The Balaban J connectivity index is 1.14. The van der Waals surface area contributed by atoms with E-state index >= 15 is 0 Å². The van der Waals surface area contributed by atoms with E-state index in [9.17, 15) is 9.59 Å². The number of benzene rings is 1. The smallest absolute Gasteiger partial charge is 0.225 e. The quantitative estimate of drug-likeness (QED) is 0.890. The highest BCUT2D eigenvalue weighted by molar-refractivity contribution is 5.83. The zero-order valence-corrected chi connectivity index (χ0v) is 16.3. The summed E-state index contributed by atoms with van der Waals surface area (Å²) in [5, 5.41) is 3.09. The van der Waals surface area contributed by atoms with Crippen molar-refractivity contribution in [1.29, 1.82) is 0 Å². The Hall–Kier alpha value is -1.84. The summed E-state index contributed by atoms with van der Waals surface area (Å²) in [7, 11) is 0. The molecule has 0 unspecified atom stereocenters. The number of piperidine rings is 1. The second-order valence-corrected chi connectivity index (χ2v) is 9.72. The predicted octanol–water partition coefficient (Wildman–Crippen LogP) is 3.50. The summed E-state index contributed by atoms with van der Waals surface area (Å²) in [4.78, 5) is 26.4. The highest BCUT2D eigenvalue weighted by atomic mass is 16.2. The van der Waals surface area contributed by atoms with E-state index < -0.39 is 0 Å². The van der Waals surface area contributed by atoms with Gasteiger partial charge in [0.15, 0.2) is 0 Å². The average molecular weight is 367 g/mol. The highest BCUT2D eigenvalue weighted by Gasteiger charge is 2.51. The van der Waals surface area contributed by atoms with Gasteiger partial charge in [0.1, 0.15) is 0 Å². The van der Waals surface area contributed by atoms with Gasteiger partial charge in [0.25, 0.3) is 0 Å². The summed E-state index contributed by atoms with van der Waals surface area (Å²) in [5.41, 5.74) is 3.31. The zero-order chi connectivity index (χ0) is 18.6. The summed E-state index contributed by atoms with van der Waals surface area (Å²) in [6.45, 7) is 4.10. The fourth-order valence-electron chi connectivity index (χ4n) is 5.46. The van der Waals surface area contributed by atoms with Gasteiger partial charge in [0.05, 0.1) is 0 Å². The third-order valence-corrected chi connectivity index (χ3v) is 7.74. The molecule has 1 spiro atoms. The number of nitrogens with one attached hydrogen (secondary N) is 1. The first kappa shape index (κ1) is 17.3. The molecule has 0 atom stereocenters. The first-order valence-corrected chi connectivity index (χ1v) is 10.7. The lowest BCUT2D eigenvalue weighted by Crippen LogP contribution is -2.57. The van der Waals surface area contributed by atoms with Crippen LogP contribution in [0.1, 0.15) is 75.3 Å². The van der Waals surface area contributed by atoms with Crippen molar-refractivity contribution < 1.29 is 9.59 Å². The zero-order valence-electron chi connectivity index (χ0n) is 16.3. The van der Waals surface area contributed by atoms with Crippen molar-refractivity contribution in [3.63, 3.8) is 0 Å². The number of hydrogen-bond donors (Lipinski definition) is 1. The van der Waals surface area contributed by atoms with E-state index in [0.717, 1.165) is 45.2 Å². The third-order valence-electron chi connectivity index (χ3n) is 7.74. The van der Waals surface area contributed by atoms with Crippen LogP contribution in [0.25, 0.3) is 0 Å². The maximum absolute atomic E-state index is 12.8. The van der Waals surface area contributed by atoms with Gasteiger partial charge >= 0.3 is 0 Å². The highest BCUT2D eigenvalue weighted by Crippen LogP contribution is 2.48. The van der Waals surface area contributed by atoms with Gasteiger partial charge in [-0.1, -0.05) is 31.2 Å². The second kappa shape index (κ2) is 6.08. The molecule has 2 heterocycles. The standard InChI is InChI=1S/C23H30N2O2/c1-22(10-11-22)19-4-2-16(3-5-19)17-7-12-25(13-8-17)21(27)18-14-23(15-18)9-6-20(26)24-23/h2-5,17-18H,6-15H2,1H3,(H,24,26)/t18-,23+. The molecule has 144 valence electrons. The predicted molar refractivity (Wildman–Crippen MR) is 104 cm³/mol. The maximum Gasteiger partial charge on any atom is 0.225 e. The molecule has 0 aromatic heterocycles. The summed E-state index contributed by atoms with van der Waals surface area (Å²) in [5.74, 6) is 1.18. The molecule has 2 saturated heterocycles. The monoisotopic (exact) mass is 366 g/mol. The molecule has 1 N–H and O–H groups in total. The molecule has 5 rings (SSSR count). The van der Waals surface area contributed by atoms with Crippen molar-refractivity contribution in [3.8, 4) is 0 Å². The molecule has 2 aliphatic heterocycles. The minimum absolute atomic E-state index is 0.0460. The molecule has 2 aliphatic carbocycles. The van der Waals surface area contributed by atoms with E-state index in [4.69, 9.17) is 0 Å². The molecule has 0 bridgehead atoms. The molecule has 4 heteroatoms. The van der Waals surface area contributed by atoms with Gasteiger partial charge in [-0.05, 0) is 67.4 Å². The third kappa shape index (κ3) is 3.07. The number of carbonyl (C=O) groups is 2. The summed E-state index contributed by atoms with van der Waals surface area (Å²) >= 11 is 0. The van der Waals surface area contributed by atoms with Crippen molar-refractivity contribution >= 4 is 11.8 Å². The molecule has 4 fully saturated rings. The van der Waals surface area contributed by atoms with Crippen LogP contribution < -0.4 is 5.32 Å². The van der Waals surface area contributed by atoms with E-state index in [-0.39, 0.29) is 17.4 Å². The van der Waals surface area contributed by atoms with Gasteiger partial charge < -0.3 is 10.2 Å². The van der Waals surface area contributed by atoms with Gasteiger partial charge in [0.2, 0.25) is 11.8 Å². The number of likely N-dealkylation sites (tertiary alicyclic amines) is 1. The van der Waals surface area contributed by atoms with E-state index in [1.165, 1.54) is 24.0 Å². The number of amides is 2. The molecule has 4 aliphatic rings. The van der Waals surface area contributed by atoms with Gasteiger partial charge in [-0.25, -0.2) is 0 Å². The molecular formula is C23H30N2O2. The number of carbonyl (C=O) groups excluding carboxylic acids is 2. The largest absolute Gasteiger partial charge is 0.351 e. The lowest BCUT2D eigenvalue weighted by atomic mass is 9.67. The molecule has 4 nitrogen and oxygen atoms in total. The Morgan fingerprint density at radius 3 is 2.30 bits per heavy atom. The van der Waals surface area contributed by atoms with Crippen LogP contribution in [0.4, 0.5) is 0 Å². The Labute approximate surface area is 161 Å². The van der Waals surface area contributed by atoms with Crippen LogP contribution in [0.15, 0.2) is 24.3 Å². The van der Waals surface area contributed by atoms with E-state index in [1.807, 2.05) is 0 Å². The molecule has 27 heavy (non-hydrogen) atoms. The Morgan fingerprint density at radius 2 is 1.74 bits per heavy atom. The molecule has 1 aromatic carbocycles. The lowest BCUT2D eigenvalue weighted by Gasteiger charge is -2.46. The second-order valence-electron chi connectivity index (χ2n) is 9.72. The SMILES string of the molecule is CC1(c2ccc(C3CCN(C(=O)[C@H]4C[C@]5(CCC(=O)N5)C4)CC3)cc2)CC1. The summed E-state index contributed by atoms with van der Waals surface area (Å²) in [6.07, 6.45) is 8.00. The topological polar surface area (TPSA) is 49.4 Å². The molecular weight excluding hydrogens is 336 g/mol. The molecule has 1 aromatic rings. The maximum atomic E-state index is 12.8. The minimum atomic E-state index is -0.0460. The van der Waals surface area contributed by atoms with Crippen LogP contribution in [0, 0.1) is 5.92 Å². The van der Waals surface area contributed by atoms with Crippen molar-refractivity contribution in [2.24, 2.45) is 5.92 Å². The van der Waals surface area contributed by atoms with E-state index in [1.54, 1.807) is 0 Å². The van der Waals surface area contributed by atoms with E-state index in [2.05, 4.69) is 41.4 Å². The fourth-order valence-corrected chi connectivity index (χ4v) is 5.46. The molecule has 2 saturated carbocycles. The van der Waals surface area contributed by atoms with Crippen LogP contribution in [0.3, 0.4) is 0 Å². The van der Waals surface area contributed by atoms with Crippen molar-refractivity contribution in [1.82, 2.24) is 10.2 Å². The molecule has 2 amide bonds.